The molecule has 0 aliphatic carbocycles. The van der Waals surface area contributed by atoms with Crippen LogP contribution in [0.15, 0.2) is 109 Å². The van der Waals surface area contributed by atoms with E-state index in [-0.39, 0.29) is 113 Å². The fraction of sp³-hybridized carbons (Fsp3) is 0.415. The fourth-order valence-corrected chi connectivity index (χ4v) is 9.55. The lowest BCUT2D eigenvalue weighted by molar-refractivity contribution is 0.368. The number of hydrogen-bond acceptors (Lipinski definition) is 17. The third-order valence-corrected chi connectivity index (χ3v) is 17.0. The molecule has 17 nitrogen and oxygen atoms in total. The van der Waals surface area contributed by atoms with E-state index in [2.05, 4.69) is 41.5 Å². The number of hydrogen-bond donors (Lipinski definition) is 16. The second-order valence-electron chi connectivity index (χ2n) is 30.1. The lowest BCUT2D eigenvalue weighted by atomic mass is 9.77. The number of ether oxygens (including phenoxy) is 1. The minimum Gasteiger partial charge on any atom is -0.508 e. The summed E-state index contributed by atoms with van der Waals surface area (Å²) in [5.41, 5.74) is 8.96. The van der Waals surface area contributed by atoms with E-state index in [1.807, 2.05) is 83.1 Å². The van der Waals surface area contributed by atoms with Gasteiger partial charge in [0.15, 0.2) is 11.5 Å². The largest absolute Gasteiger partial charge is 0.508 e. The molecule has 546 valence electrons. The molecule has 99 heavy (non-hydrogen) atoms. The molecule has 16 N–H and O–H groups in total. The molecule has 0 aliphatic heterocycles. The van der Waals surface area contributed by atoms with Crippen molar-refractivity contribution in [2.24, 2.45) is 0 Å². The lowest BCUT2D eigenvalue weighted by Gasteiger charge is -2.29. The quantitative estimate of drug-likeness (QED) is 0.0712. The van der Waals surface area contributed by atoms with Gasteiger partial charge in [-0.05, 0) is 236 Å². The van der Waals surface area contributed by atoms with Crippen LogP contribution in [0.25, 0.3) is 0 Å². The van der Waals surface area contributed by atoms with E-state index in [4.69, 9.17) is 40.5 Å². The highest BCUT2D eigenvalue weighted by molar-refractivity contribution is 5.57. The van der Waals surface area contributed by atoms with Gasteiger partial charge in [-0.25, -0.2) is 0 Å². The maximum absolute atomic E-state index is 10.3. The summed E-state index contributed by atoms with van der Waals surface area (Å²) < 4.78 is 4.72. The Hall–Kier alpha value is -9.64. The van der Waals surface area contributed by atoms with Crippen molar-refractivity contribution < 1.29 is 86.4 Å². The first-order chi connectivity index (χ1) is 45.0. The average Bonchev–Trinajstić information content (AvgIpc) is 0.805. The van der Waals surface area contributed by atoms with Gasteiger partial charge in [-0.1, -0.05) is 125 Å². The van der Waals surface area contributed by atoms with Crippen molar-refractivity contribution in [2.45, 2.75) is 218 Å². The number of benzene rings is 8. The Labute approximate surface area is 588 Å². The summed E-state index contributed by atoms with van der Waals surface area (Å²) in [5.74, 6) is 3.79. The number of aromatic hydroxyl groups is 16. The van der Waals surface area contributed by atoms with Crippen molar-refractivity contribution >= 4 is 0 Å². The highest BCUT2D eigenvalue weighted by Crippen LogP contribution is 2.45. The summed E-state index contributed by atoms with van der Waals surface area (Å²) in [6.45, 7) is 49.1. The van der Waals surface area contributed by atoms with E-state index in [0.29, 0.717) is 33.9 Å². The summed E-state index contributed by atoms with van der Waals surface area (Å²) in [5, 5.41) is 151. The second kappa shape index (κ2) is 35.7. The Morgan fingerprint density at radius 1 is 0.253 bits per heavy atom. The highest BCUT2D eigenvalue weighted by Gasteiger charge is 2.30. The van der Waals surface area contributed by atoms with E-state index >= 15 is 0 Å². The number of phenolic OH excluding ortho intramolecular Hbond substituents is 16. The first-order valence-corrected chi connectivity index (χ1v) is 32.7. The van der Waals surface area contributed by atoms with E-state index in [1.54, 1.807) is 84.9 Å². The van der Waals surface area contributed by atoms with Crippen molar-refractivity contribution in [3.63, 3.8) is 0 Å². The molecule has 0 aliphatic rings. The summed E-state index contributed by atoms with van der Waals surface area (Å²) >= 11 is 0. The smallest absolute Gasteiger partial charge is 0.164 e. The second-order valence-corrected chi connectivity index (χ2v) is 30.1. The van der Waals surface area contributed by atoms with E-state index in [1.165, 1.54) is 79.9 Å². The normalized spacial score (nSPS) is 11.3. The van der Waals surface area contributed by atoms with Crippen molar-refractivity contribution in [1.82, 2.24) is 0 Å². The van der Waals surface area contributed by atoms with Crippen LogP contribution in [0.3, 0.4) is 0 Å². The van der Waals surface area contributed by atoms with Crippen LogP contribution in [0.5, 0.6) is 97.7 Å². The molecular weight excluding hydrogens is 1260 g/mol. The van der Waals surface area contributed by atoms with Crippen LogP contribution in [0.4, 0.5) is 0 Å². The number of phenols is 16. The van der Waals surface area contributed by atoms with Crippen molar-refractivity contribution in [2.75, 3.05) is 7.11 Å². The monoisotopic (exact) mass is 1370 g/mol. The number of aryl methyl sites for hydroxylation is 3. The van der Waals surface area contributed by atoms with Crippen LogP contribution >= 0.6 is 0 Å². The van der Waals surface area contributed by atoms with Gasteiger partial charge in [0.25, 0.3) is 0 Å². The zero-order valence-electron chi connectivity index (χ0n) is 63.4. The van der Waals surface area contributed by atoms with Crippen molar-refractivity contribution in [3.8, 4) is 97.7 Å². The fourth-order valence-electron chi connectivity index (χ4n) is 9.55. The molecule has 0 unspecified atom stereocenters. The van der Waals surface area contributed by atoms with Crippen molar-refractivity contribution in [1.29, 1.82) is 0 Å². The summed E-state index contributed by atoms with van der Waals surface area (Å²) in [6, 6.07) is 27.4. The van der Waals surface area contributed by atoms with Crippen LogP contribution < -0.4 is 4.74 Å². The lowest BCUT2D eigenvalue weighted by Crippen LogP contribution is -2.19. The minimum atomic E-state index is -0.178. The van der Waals surface area contributed by atoms with Crippen LogP contribution in [0, 0.1) is 48.5 Å². The molecule has 0 spiro atoms. The Balaban J connectivity index is 0.000000573. The summed E-state index contributed by atoms with van der Waals surface area (Å²) in [6.07, 6.45) is 1.83. The standard InChI is InChI=1S/C16H26O2.2C14H22O2.C10H14O2.C8H10O2.C7H8O3.C7H8O2.C6H6O2/c1-7-15(3,4)11-9-14(18)12(10-13(11)17)16(5,6)8-2;1-13(2,3)9-7-12(16)10(8-11(9)15)14(4,5)6;1-13(2,3)10-7-9(15)8-11(12(10)16)14(4,5)6;1-5-6(2)10(12)8(4)7(3)9(5)11;1-5-3-7(9)4-6(2)8(5)10;1-10-7-4-5(8)2-3-6(7)9;1-5-4-6(8)2-3-7(5)9;7-5-1-2-6(8)4-3-5/h9-10,17-18H,7-8H2,1-6H3;2*7-8,15-16H,1-6H3;11-12H,1-4H3;3-4,9-10H,1-2H3;2-4,8-9H,1H3;2-4,8-9H,1H3;1-4,7-8H. The SMILES string of the molecule is CC(C)(C)c1cc(O)c(C(C)(C)C)cc1O.CC(C)(C)c1cc(O)cc(C(C)(C)C)c1O.CCC(C)(C)c1cc(O)c(C(C)(C)CC)cc1O.COc1cc(O)ccc1O.Cc1c(C)c(O)c(C)c(C)c1O.Cc1cc(O)cc(C)c1O.Cc1cc(O)ccc1O.Oc1ccc(O)cc1. The van der Waals surface area contributed by atoms with Gasteiger partial charge in [-0.15, -0.1) is 0 Å². The van der Waals surface area contributed by atoms with E-state index in [0.717, 1.165) is 68.5 Å². The molecule has 0 saturated heterocycles. The first-order valence-electron chi connectivity index (χ1n) is 32.7. The third kappa shape index (κ3) is 26.3. The van der Waals surface area contributed by atoms with Gasteiger partial charge >= 0.3 is 0 Å². The van der Waals surface area contributed by atoms with Gasteiger partial charge < -0.3 is 86.4 Å². The number of rotatable bonds is 5. The predicted molar refractivity (Wildman–Crippen MR) is 399 cm³/mol. The maximum atomic E-state index is 10.3. The Bertz CT molecular complexity index is 3660. The topological polar surface area (TPSA) is 333 Å². The Morgan fingerprint density at radius 3 is 0.788 bits per heavy atom. The van der Waals surface area contributed by atoms with Gasteiger partial charge in [-0.2, -0.15) is 0 Å². The van der Waals surface area contributed by atoms with Crippen LogP contribution in [-0.4, -0.2) is 88.8 Å². The molecule has 0 aromatic heterocycles. The zero-order valence-corrected chi connectivity index (χ0v) is 63.4. The molecule has 8 aromatic rings. The van der Waals surface area contributed by atoms with Crippen LogP contribution in [0.1, 0.15) is 210 Å². The third-order valence-electron chi connectivity index (χ3n) is 17.0. The zero-order chi connectivity index (χ0) is 77.2. The minimum absolute atomic E-state index is 0.0281. The molecule has 0 bridgehead atoms. The highest BCUT2D eigenvalue weighted by atomic mass is 16.5. The molecule has 8 aromatic carbocycles. The molecule has 8 rings (SSSR count). The average molecular weight is 1370 g/mol. The Morgan fingerprint density at radius 2 is 0.515 bits per heavy atom. The Kier molecular flexibility index (Phi) is 31.5. The summed E-state index contributed by atoms with van der Waals surface area (Å²) in [7, 11) is 1.43. The molecule has 0 heterocycles. The van der Waals surface area contributed by atoms with Gasteiger partial charge in [0.2, 0.25) is 0 Å². The van der Waals surface area contributed by atoms with E-state index < -0.39 is 0 Å². The van der Waals surface area contributed by atoms with Gasteiger partial charge in [0, 0.05) is 39.4 Å². The first kappa shape index (κ1) is 87.4. The molecule has 0 fully saturated rings. The van der Waals surface area contributed by atoms with Gasteiger partial charge in [-0.3, -0.25) is 0 Å². The molecule has 0 saturated carbocycles. The van der Waals surface area contributed by atoms with Gasteiger partial charge in [0.05, 0.1) is 7.11 Å². The van der Waals surface area contributed by atoms with Crippen LogP contribution in [0.2, 0.25) is 0 Å². The number of methoxy groups -OCH3 is 1. The molecule has 0 atom stereocenters. The van der Waals surface area contributed by atoms with Crippen LogP contribution in [-0.2, 0) is 32.5 Å². The molecular formula is C82H116O17. The maximum Gasteiger partial charge on any atom is 0.164 e. The van der Waals surface area contributed by atoms with Crippen molar-refractivity contribution in [3.05, 3.63) is 182 Å². The predicted octanol–water partition coefficient (Wildman–Crippen LogP) is 19.5. The molecule has 17 heteroatoms. The summed E-state index contributed by atoms with van der Waals surface area (Å²) in [4.78, 5) is 0. The van der Waals surface area contributed by atoms with Gasteiger partial charge in [0.1, 0.15) is 86.2 Å². The molecule has 0 radical (unpaired) electrons. The van der Waals surface area contributed by atoms with E-state index in [9.17, 15) is 46.0 Å². The molecule has 0 amide bonds.